The molecular formula is C25H25ClFN5OS. The lowest BCUT2D eigenvalue weighted by molar-refractivity contribution is 0.103. The first-order valence-electron chi connectivity index (χ1n) is 10.5. The standard InChI is InChI=1S/C25H25ClFN5OS/c1-15-10-18(6-5-17(26)4-2-3-9-27)30-14-23(15)32-25(29)20(13-28)24(33)22-12-16-11-19(34)7-8-21(16)31-22/h2-4,7-8,10-14,31,34H,5-6,9,28H2,1H3,(H2,29,32)/b3-2-,17-4+,20-13?. The van der Waals surface area contributed by atoms with Crippen LogP contribution in [0.1, 0.15) is 28.2 Å². The summed E-state index contributed by atoms with van der Waals surface area (Å²) >= 11 is 10.5. The minimum atomic E-state index is -0.530. The van der Waals surface area contributed by atoms with Crippen molar-refractivity contribution in [2.45, 2.75) is 24.7 Å². The Hall–Kier alpha value is -3.36. The summed E-state index contributed by atoms with van der Waals surface area (Å²) in [6.45, 7) is 1.34. The molecule has 0 amide bonds. The third-order valence-electron chi connectivity index (χ3n) is 5.04. The number of aromatic amines is 1. The molecule has 0 bridgehead atoms. The fourth-order valence-electron chi connectivity index (χ4n) is 3.27. The number of ketones is 1. The third-order valence-corrected chi connectivity index (χ3v) is 5.63. The first-order valence-corrected chi connectivity index (χ1v) is 11.3. The number of H-pyrrole nitrogens is 1. The zero-order valence-electron chi connectivity index (χ0n) is 18.6. The van der Waals surface area contributed by atoms with Gasteiger partial charge < -0.3 is 16.5 Å². The van der Waals surface area contributed by atoms with Crippen molar-refractivity contribution in [3.05, 3.63) is 88.5 Å². The van der Waals surface area contributed by atoms with Gasteiger partial charge in [0.15, 0.2) is 0 Å². The van der Waals surface area contributed by atoms with Crippen LogP contribution in [-0.2, 0) is 6.42 Å². The molecular weight excluding hydrogens is 473 g/mol. The number of thiol groups is 1. The number of hydrogen-bond donors (Lipinski definition) is 4. The Balaban J connectivity index is 1.76. The quantitative estimate of drug-likeness (QED) is 0.0786. The van der Waals surface area contributed by atoms with E-state index in [0.29, 0.717) is 29.3 Å². The van der Waals surface area contributed by atoms with Crippen LogP contribution in [-0.4, -0.2) is 28.3 Å². The smallest absolute Gasteiger partial charge is 0.214 e. The molecule has 5 N–H and O–H groups in total. The highest BCUT2D eigenvalue weighted by Crippen LogP contribution is 2.23. The number of hydrogen-bond acceptors (Lipinski definition) is 5. The number of rotatable bonds is 9. The molecule has 0 spiro atoms. The first-order chi connectivity index (χ1) is 16.3. The van der Waals surface area contributed by atoms with Crippen molar-refractivity contribution in [3.63, 3.8) is 0 Å². The summed E-state index contributed by atoms with van der Waals surface area (Å²) in [5, 5.41) is 1.46. The Morgan fingerprint density at radius 1 is 1.32 bits per heavy atom. The van der Waals surface area contributed by atoms with Gasteiger partial charge in [-0.15, -0.1) is 12.6 Å². The number of carbonyl (C=O) groups is 1. The minimum absolute atomic E-state index is 0.00989. The van der Waals surface area contributed by atoms with Crippen molar-refractivity contribution in [1.82, 2.24) is 9.97 Å². The molecule has 34 heavy (non-hydrogen) atoms. The second-order valence-electron chi connectivity index (χ2n) is 7.52. The van der Waals surface area contributed by atoms with Crippen LogP contribution in [0, 0.1) is 6.92 Å². The maximum Gasteiger partial charge on any atom is 0.214 e. The lowest BCUT2D eigenvalue weighted by Gasteiger charge is -2.07. The summed E-state index contributed by atoms with van der Waals surface area (Å²) in [7, 11) is 0. The predicted octanol–water partition coefficient (Wildman–Crippen LogP) is 5.46. The molecule has 0 atom stereocenters. The third kappa shape index (κ3) is 6.36. The van der Waals surface area contributed by atoms with Gasteiger partial charge in [-0.05, 0) is 61.7 Å². The summed E-state index contributed by atoms with van der Waals surface area (Å²) in [6.07, 6.45) is 8.55. The van der Waals surface area contributed by atoms with E-state index in [1.807, 2.05) is 31.2 Å². The predicted molar refractivity (Wildman–Crippen MR) is 140 cm³/mol. The summed E-state index contributed by atoms with van der Waals surface area (Å²) in [4.78, 5) is 25.7. The van der Waals surface area contributed by atoms with Gasteiger partial charge in [0.25, 0.3) is 0 Å². The van der Waals surface area contributed by atoms with Crippen LogP contribution in [0.5, 0.6) is 0 Å². The van der Waals surface area contributed by atoms with Crippen LogP contribution in [0.2, 0.25) is 0 Å². The van der Waals surface area contributed by atoms with Crippen molar-refractivity contribution >= 4 is 52.4 Å². The Labute approximate surface area is 207 Å². The van der Waals surface area contributed by atoms with Crippen LogP contribution < -0.4 is 11.5 Å². The number of aliphatic imine (C=N–C) groups is 1. The number of aromatic nitrogens is 2. The largest absolute Gasteiger partial charge is 0.404 e. The molecule has 2 heterocycles. The van der Waals surface area contributed by atoms with E-state index in [9.17, 15) is 9.18 Å². The van der Waals surface area contributed by atoms with Gasteiger partial charge in [0.05, 0.1) is 23.2 Å². The van der Waals surface area contributed by atoms with Gasteiger partial charge in [0.1, 0.15) is 12.5 Å². The maximum atomic E-state index is 13.0. The summed E-state index contributed by atoms with van der Waals surface area (Å²) in [5.41, 5.74) is 15.3. The average molecular weight is 498 g/mol. The fourth-order valence-corrected chi connectivity index (χ4v) is 3.65. The van der Waals surface area contributed by atoms with E-state index in [0.717, 1.165) is 33.3 Å². The number of pyridine rings is 1. The number of alkyl halides is 1. The van der Waals surface area contributed by atoms with Gasteiger partial charge in [-0.2, -0.15) is 0 Å². The lowest BCUT2D eigenvalue weighted by atomic mass is 10.1. The van der Waals surface area contributed by atoms with E-state index in [1.165, 1.54) is 6.08 Å². The van der Waals surface area contributed by atoms with E-state index < -0.39 is 6.67 Å². The average Bonchev–Trinajstić information content (AvgIpc) is 3.23. The molecule has 3 aromatic rings. The molecule has 0 saturated carbocycles. The van der Waals surface area contributed by atoms with Gasteiger partial charge in [-0.25, -0.2) is 9.38 Å². The highest BCUT2D eigenvalue weighted by molar-refractivity contribution is 7.80. The number of amidine groups is 1. The minimum Gasteiger partial charge on any atom is -0.404 e. The second-order valence-corrected chi connectivity index (χ2v) is 8.52. The summed E-state index contributed by atoms with van der Waals surface area (Å²) < 4.78 is 12.1. The molecule has 2 aromatic heterocycles. The molecule has 0 unspecified atom stereocenters. The molecule has 9 heteroatoms. The van der Waals surface area contributed by atoms with Crippen LogP contribution in [0.3, 0.4) is 0 Å². The van der Waals surface area contributed by atoms with Gasteiger partial charge in [-0.3, -0.25) is 9.78 Å². The Morgan fingerprint density at radius 3 is 2.82 bits per heavy atom. The number of fused-ring (bicyclic) bond motifs is 1. The highest BCUT2D eigenvalue weighted by Gasteiger charge is 2.18. The number of aryl methyl sites for hydroxylation is 2. The molecule has 0 aliphatic carbocycles. The molecule has 3 rings (SSSR count). The second kappa shape index (κ2) is 11.7. The molecule has 0 fully saturated rings. The molecule has 1 aromatic carbocycles. The highest BCUT2D eigenvalue weighted by atomic mass is 35.5. The number of allylic oxidation sites excluding steroid dienone is 4. The molecule has 0 radical (unpaired) electrons. The van der Waals surface area contributed by atoms with Gasteiger partial charge in [-0.1, -0.05) is 23.8 Å². The van der Waals surface area contributed by atoms with Crippen molar-refractivity contribution < 1.29 is 9.18 Å². The fraction of sp³-hybridized carbons (Fsp3) is 0.160. The van der Waals surface area contributed by atoms with Crippen molar-refractivity contribution in [2.75, 3.05) is 6.67 Å². The molecule has 0 aliphatic heterocycles. The molecule has 6 nitrogen and oxygen atoms in total. The number of nitrogens with zero attached hydrogens (tertiary/aromatic N) is 2. The van der Waals surface area contributed by atoms with E-state index in [-0.39, 0.29) is 17.2 Å². The number of nitrogens with two attached hydrogens (primary N) is 2. The van der Waals surface area contributed by atoms with Gasteiger partial charge in [0, 0.05) is 32.7 Å². The Bertz CT molecular complexity index is 1330. The van der Waals surface area contributed by atoms with Crippen LogP contribution in [0.4, 0.5) is 10.1 Å². The first kappa shape index (κ1) is 25.3. The van der Waals surface area contributed by atoms with Crippen molar-refractivity contribution in [1.29, 1.82) is 0 Å². The number of benzene rings is 1. The van der Waals surface area contributed by atoms with Crippen LogP contribution in [0.15, 0.2) is 81.4 Å². The maximum absolute atomic E-state index is 13.0. The van der Waals surface area contributed by atoms with E-state index in [1.54, 1.807) is 24.4 Å². The zero-order valence-corrected chi connectivity index (χ0v) is 20.2. The summed E-state index contributed by atoms with van der Waals surface area (Å²) in [5.74, 6) is -0.379. The van der Waals surface area contributed by atoms with Crippen LogP contribution >= 0.6 is 24.2 Å². The van der Waals surface area contributed by atoms with E-state index >= 15 is 0 Å². The lowest BCUT2D eigenvalue weighted by Crippen LogP contribution is -2.22. The number of carbonyl (C=O) groups excluding carboxylic acids is 1. The van der Waals surface area contributed by atoms with Crippen molar-refractivity contribution in [3.8, 4) is 0 Å². The normalized spacial score (nSPS) is 13.2. The van der Waals surface area contributed by atoms with E-state index in [4.69, 9.17) is 23.1 Å². The topological polar surface area (TPSA) is 110 Å². The monoisotopic (exact) mass is 497 g/mol. The zero-order chi connectivity index (χ0) is 24.7. The number of nitrogens with one attached hydrogen (secondary N) is 1. The van der Waals surface area contributed by atoms with Gasteiger partial charge in [0.2, 0.25) is 5.78 Å². The Morgan fingerprint density at radius 2 is 2.12 bits per heavy atom. The van der Waals surface area contributed by atoms with E-state index in [2.05, 4.69) is 27.6 Å². The summed E-state index contributed by atoms with van der Waals surface area (Å²) in [6, 6.07) is 9.14. The molecule has 0 saturated heterocycles. The molecule has 176 valence electrons. The Kier molecular flexibility index (Phi) is 8.67. The SMILES string of the molecule is Cc1cc(CC/C(Cl)=C\C=C/CF)ncc1N=C(N)C(=CN)C(=O)c1cc2cc(S)ccc2[nH]1. The van der Waals surface area contributed by atoms with Crippen LogP contribution in [0.25, 0.3) is 10.9 Å². The number of halogens is 2. The van der Waals surface area contributed by atoms with Crippen molar-refractivity contribution in [2.24, 2.45) is 16.5 Å². The number of Topliss-reactive ketones (excluding diaryl/α,β-unsaturated/α-hetero) is 1. The van der Waals surface area contributed by atoms with Gasteiger partial charge >= 0.3 is 0 Å². The molecule has 0 aliphatic rings.